The predicted octanol–water partition coefficient (Wildman–Crippen LogP) is 3.38. The van der Waals surface area contributed by atoms with Gasteiger partial charge in [-0.15, -0.1) is 0 Å². The number of benzene rings is 2. The highest BCUT2D eigenvalue weighted by Gasteiger charge is 2.31. The minimum atomic E-state index is -4.44. The van der Waals surface area contributed by atoms with Crippen molar-refractivity contribution < 1.29 is 27.5 Å². The number of rotatable bonds is 4. The molecule has 0 bridgehead atoms. The Bertz CT molecular complexity index is 856. The van der Waals surface area contributed by atoms with Crippen LogP contribution in [0, 0.1) is 6.92 Å². The maximum Gasteiger partial charge on any atom is 0.416 e. The van der Waals surface area contributed by atoms with Crippen LogP contribution in [-0.2, 0) is 11.0 Å². The molecule has 2 aromatic carbocycles. The van der Waals surface area contributed by atoms with Crippen molar-refractivity contribution in [3.63, 3.8) is 0 Å². The van der Waals surface area contributed by atoms with Gasteiger partial charge >= 0.3 is 6.18 Å². The molecule has 2 aromatic rings. The summed E-state index contributed by atoms with van der Waals surface area (Å²) in [6, 6.07) is 11.5. The number of aryl methyl sites for hydroxylation is 1. The van der Waals surface area contributed by atoms with E-state index in [4.69, 9.17) is 4.74 Å². The highest BCUT2D eigenvalue weighted by atomic mass is 19.4. The van der Waals surface area contributed by atoms with E-state index in [9.17, 15) is 22.8 Å². The van der Waals surface area contributed by atoms with Gasteiger partial charge in [-0.3, -0.25) is 9.59 Å². The zero-order chi connectivity index (χ0) is 21.0. The Balaban J connectivity index is 1.49. The van der Waals surface area contributed by atoms with E-state index in [1.54, 1.807) is 17.0 Å². The molecule has 1 aliphatic rings. The Hall–Kier alpha value is -3.03. The fourth-order valence-electron chi connectivity index (χ4n) is 3.01. The summed E-state index contributed by atoms with van der Waals surface area (Å²) in [5, 5.41) is 0. The second-order valence-electron chi connectivity index (χ2n) is 6.85. The van der Waals surface area contributed by atoms with E-state index >= 15 is 0 Å². The van der Waals surface area contributed by atoms with Crippen molar-refractivity contribution >= 4 is 11.8 Å². The Kier molecular flexibility index (Phi) is 6.10. The van der Waals surface area contributed by atoms with Gasteiger partial charge in [0.2, 0.25) is 0 Å². The van der Waals surface area contributed by atoms with Crippen molar-refractivity contribution in [2.24, 2.45) is 0 Å². The third-order valence-corrected chi connectivity index (χ3v) is 4.76. The standard InChI is InChI=1S/C21H21F3N2O3/c1-15-2-8-18(9-3-15)29-14-19(27)25-10-12-26(13-11-25)20(28)16-4-6-17(7-5-16)21(22,23)24/h2-9H,10-14H2,1H3. The Morgan fingerprint density at radius 2 is 1.45 bits per heavy atom. The van der Waals surface area contributed by atoms with Crippen LogP contribution in [-0.4, -0.2) is 54.4 Å². The maximum atomic E-state index is 12.6. The van der Waals surface area contributed by atoms with Crippen molar-refractivity contribution in [1.82, 2.24) is 9.80 Å². The van der Waals surface area contributed by atoms with Crippen molar-refractivity contribution in [2.45, 2.75) is 13.1 Å². The van der Waals surface area contributed by atoms with Crippen LogP contribution in [0.2, 0.25) is 0 Å². The molecule has 29 heavy (non-hydrogen) atoms. The highest BCUT2D eigenvalue weighted by Crippen LogP contribution is 2.29. The van der Waals surface area contributed by atoms with Crippen LogP contribution < -0.4 is 4.74 Å². The molecule has 0 aromatic heterocycles. The molecule has 0 unspecified atom stereocenters. The lowest BCUT2D eigenvalue weighted by molar-refractivity contribution is -0.137. The lowest BCUT2D eigenvalue weighted by Gasteiger charge is -2.34. The van der Waals surface area contributed by atoms with Gasteiger partial charge in [0.1, 0.15) is 5.75 Å². The number of halogens is 3. The first kappa shape index (κ1) is 20.7. The van der Waals surface area contributed by atoms with Crippen molar-refractivity contribution in [3.8, 4) is 5.75 Å². The molecular weight excluding hydrogens is 385 g/mol. The minimum absolute atomic E-state index is 0.0874. The number of carbonyl (C=O) groups is 2. The number of piperazine rings is 1. The molecule has 1 saturated heterocycles. The average Bonchev–Trinajstić information content (AvgIpc) is 2.72. The summed E-state index contributed by atoms with van der Waals surface area (Å²) in [4.78, 5) is 27.9. The second kappa shape index (κ2) is 8.55. The number of carbonyl (C=O) groups excluding carboxylic acids is 2. The van der Waals surface area contributed by atoms with Crippen molar-refractivity contribution in [3.05, 3.63) is 65.2 Å². The molecule has 2 amide bonds. The summed E-state index contributed by atoms with van der Waals surface area (Å²) in [6.07, 6.45) is -4.44. The van der Waals surface area contributed by atoms with Gasteiger partial charge in [-0.1, -0.05) is 17.7 Å². The van der Waals surface area contributed by atoms with Crippen LogP contribution in [0.4, 0.5) is 13.2 Å². The normalized spacial score (nSPS) is 14.6. The van der Waals surface area contributed by atoms with Gasteiger partial charge < -0.3 is 14.5 Å². The molecule has 1 aliphatic heterocycles. The Morgan fingerprint density at radius 3 is 2.00 bits per heavy atom. The number of alkyl halides is 3. The first-order valence-corrected chi connectivity index (χ1v) is 9.18. The van der Waals surface area contributed by atoms with Gasteiger partial charge in [0, 0.05) is 31.7 Å². The summed E-state index contributed by atoms with van der Waals surface area (Å²) in [7, 11) is 0. The largest absolute Gasteiger partial charge is 0.484 e. The van der Waals surface area contributed by atoms with E-state index in [-0.39, 0.29) is 24.0 Å². The zero-order valence-electron chi connectivity index (χ0n) is 15.9. The summed E-state index contributed by atoms with van der Waals surface area (Å²) in [5.74, 6) is 0.0917. The number of hydrogen-bond acceptors (Lipinski definition) is 3. The topological polar surface area (TPSA) is 49.9 Å². The molecule has 1 heterocycles. The van der Waals surface area contributed by atoms with E-state index in [1.165, 1.54) is 17.0 Å². The third kappa shape index (κ3) is 5.28. The van der Waals surface area contributed by atoms with E-state index in [0.717, 1.165) is 17.7 Å². The van der Waals surface area contributed by atoms with Gasteiger partial charge in [0.05, 0.1) is 5.56 Å². The quantitative estimate of drug-likeness (QED) is 0.782. The predicted molar refractivity (Wildman–Crippen MR) is 101 cm³/mol. The van der Waals surface area contributed by atoms with E-state index in [0.29, 0.717) is 31.9 Å². The smallest absolute Gasteiger partial charge is 0.416 e. The van der Waals surface area contributed by atoms with Crippen molar-refractivity contribution in [2.75, 3.05) is 32.8 Å². The molecule has 0 saturated carbocycles. The highest BCUT2D eigenvalue weighted by molar-refractivity contribution is 5.94. The molecule has 0 radical (unpaired) electrons. The first-order valence-electron chi connectivity index (χ1n) is 9.18. The molecule has 5 nitrogen and oxygen atoms in total. The molecule has 0 spiro atoms. The number of ether oxygens (including phenoxy) is 1. The fourth-order valence-corrected chi connectivity index (χ4v) is 3.01. The lowest BCUT2D eigenvalue weighted by atomic mass is 10.1. The fraction of sp³-hybridized carbons (Fsp3) is 0.333. The molecule has 0 atom stereocenters. The molecular formula is C21H21F3N2O3. The lowest BCUT2D eigenvalue weighted by Crippen LogP contribution is -2.51. The minimum Gasteiger partial charge on any atom is -0.484 e. The van der Waals surface area contributed by atoms with E-state index in [2.05, 4.69) is 0 Å². The van der Waals surface area contributed by atoms with Crippen LogP contribution in [0.3, 0.4) is 0 Å². The molecule has 154 valence electrons. The number of nitrogens with zero attached hydrogens (tertiary/aromatic N) is 2. The molecule has 0 N–H and O–H groups in total. The van der Waals surface area contributed by atoms with Crippen LogP contribution in [0.25, 0.3) is 0 Å². The summed E-state index contributed by atoms with van der Waals surface area (Å²) in [6.45, 7) is 3.20. The zero-order valence-corrected chi connectivity index (χ0v) is 15.9. The number of amides is 2. The van der Waals surface area contributed by atoms with Gasteiger partial charge in [0.25, 0.3) is 11.8 Å². The number of hydrogen-bond donors (Lipinski definition) is 0. The van der Waals surface area contributed by atoms with Gasteiger partial charge in [0.15, 0.2) is 6.61 Å². The molecule has 1 fully saturated rings. The Morgan fingerprint density at radius 1 is 0.897 bits per heavy atom. The summed E-state index contributed by atoms with van der Waals surface area (Å²) < 4.78 is 43.4. The molecule has 0 aliphatic carbocycles. The average molecular weight is 406 g/mol. The maximum absolute atomic E-state index is 12.6. The first-order chi connectivity index (χ1) is 13.7. The summed E-state index contributed by atoms with van der Waals surface area (Å²) in [5.41, 5.74) is 0.496. The van der Waals surface area contributed by atoms with Gasteiger partial charge in [-0.25, -0.2) is 0 Å². The second-order valence-corrected chi connectivity index (χ2v) is 6.85. The molecule has 8 heteroatoms. The van der Waals surface area contributed by atoms with Crippen LogP contribution in [0.5, 0.6) is 5.75 Å². The SMILES string of the molecule is Cc1ccc(OCC(=O)N2CCN(C(=O)c3ccc(C(F)(F)F)cc3)CC2)cc1. The van der Waals surface area contributed by atoms with E-state index in [1.807, 2.05) is 19.1 Å². The monoisotopic (exact) mass is 406 g/mol. The van der Waals surface area contributed by atoms with Crippen LogP contribution in [0.15, 0.2) is 48.5 Å². The molecule has 3 rings (SSSR count). The third-order valence-electron chi connectivity index (χ3n) is 4.76. The summed E-state index contributed by atoms with van der Waals surface area (Å²) >= 11 is 0. The van der Waals surface area contributed by atoms with Gasteiger partial charge in [-0.05, 0) is 43.3 Å². The van der Waals surface area contributed by atoms with Gasteiger partial charge in [-0.2, -0.15) is 13.2 Å². The van der Waals surface area contributed by atoms with E-state index < -0.39 is 11.7 Å². The van der Waals surface area contributed by atoms with Crippen LogP contribution >= 0.6 is 0 Å². The Labute approximate surface area is 166 Å². The van der Waals surface area contributed by atoms with Crippen LogP contribution in [0.1, 0.15) is 21.5 Å². The van der Waals surface area contributed by atoms with Crippen molar-refractivity contribution in [1.29, 1.82) is 0 Å².